The Balaban J connectivity index is 1.97. The molecular formula is C15H24N2O. The maximum atomic E-state index is 8.99. The standard InChI is InChI=1S/C15H24N2O/c16-11-13-4-1-5-14(10-13)12-17(8-3-9-18)15-6-2-7-15/h1,4-5,10,15,18H,2-3,6-9,11-12,16H2. The summed E-state index contributed by atoms with van der Waals surface area (Å²) in [5, 5.41) is 8.99. The molecule has 0 aromatic heterocycles. The second kappa shape index (κ2) is 6.88. The first-order valence-corrected chi connectivity index (χ1v) is 6.96. The van der Waals surface area contributed by atoms with Gasteiger partial charge in [-0.25, -0.2) is 0 Å². The van der Waals surface area contributed by atoms with E-state index in [4.69, 9.17) is 10.8 Å². The third kappa shape index (κ3) is 3.55. The molecule has 0 aliphatic heterocycles. The van der Waals surface area contributed by atoms with E-state index in [1.165, 1.54) is 30.4 Å². The van der Waals surface area contributed by atoms with Crippen LogP contribution < -0.4 is 5.73 Å². The zero-order valence-corrected chi connectivity index (χ0v) is 11.0. The van der Waals surface area contributed by atoms with Crippen molar-refractivity contribution in [2.24, 2.45) is 5.73 Å². The van der Waals surface area contributed by atoms with E-state index in [1.807, 2.05) is 0 Å². The first kappa shape index (κ1) is 13.5. The highest BCUT2D eigenvalue weighted by Crippen LogP contribution is 2.26. The lowest BCUT2D eigenvalue weighted by molar-refractivity contribution is 0.109. The van der Waals surface area contributed by atoms with Gasteiger partial charge >= 0.3 is 0 Å². The van der Waals surface area contributed by atoms with E-state index in [9.17, 15) is 0 Å². The molecule has 2 rings (SSSR count). The first-order chi connectivity index (χ1) is 8.83. The molecule has 1 fully saturated rings. The van der Waals surface area contributed by atoms with E-state index in [0.29, 0.717) is 6.54 Å². The molecular weight excluding hydrogens is 224 g/mol. The summed E-state index contributed by atoms with van der Waals surface area (Å²) in [6.07, 6.45) is 4.83. The summed E-state index contributed by atoms with van der Waals surface area (Å²) >= 11 is 0. The zero-order chi connectivity index (χ0) is 12.8. The Morgan fingerprint density at radius 2 is 2.06 bits per heavy atom. The van der Waals surface area contributed by atoms with E-state index in [2.05, 4.69) is 29.2 Å². The molecule has 0 unspecified atom stereocenters. The molecule has 0 bridgehead atoms. The van der Waals surface area contributed by atoms with Crippen LogP contribution in [-0.2, 0) is 13.1 Å². The van der Waals surface area contributed by atoms with Gasteiger partial charge in [0.1, 0.15) is 0 Å². The SMILES string of the molecule is NCc1cccc(CN(CCCO)C2CCC2)c1. The Morgan fingerprint density at radius 1 is 1.28 bits per heavy atom. The van der Waals surface area contributed by atoms with Crippen LogP contribution in [0, 0.1) is 0 Å². The average Bonchev–Trinajstić information content (AvgIpc) is 2.34. The van der Waals surface area contributed by atoms with Gasteiger partial charge < -0.3 is 10.8 Å². The number of aliphatic hydroxyl groups excluding tert-OH is 1. The number of hydrogen-bond acceptors (Lipinski definition) is 3. The van der Waals surface area contributed by atoms with Gasteiger partial charge in [-0.15, -0.1) is 0 Å². The Kier molecular flexibility index (Phi) is 5.17. The Labute approximate surface area is 110 Å². The Hall–Kier alpha value is -0.900. The normalized spacial score (nSPS) is 15.9. The lowest BCUT2D eigenvalue weighted by atomic mass is 9.91. The van der Waals surface area contributed by atoms with Gasteiger partial charge in [-0.1, -0.05) is 30.7 Å². The van der Waals surface area contributed by atoms with Gasteiger partial charge in [-0.3, -0.25) is 4.90 Å². The number of rotatable bonds is 7. The minimum atomic E-state index is 0.284. The molecule has 0 amide bonds. The van der Waals surface area contributed by atoms with Crippen molar-refractivity contribution in [3.8, 4) is 0 Å². The van der Waals surface area contributed by atoms with E-state index in [1.54, 1.807) is 0 Å². The fraction of sp³-hybridized carbons (Fsp3) is 0.600. The van der Waals surface area contributed by atoms with Crippen LogP contribution >= 0.6 is 0 Å². The molecule has 0 atom stereocenters. The van der Waals surface area contributed by atoms with Gasteiger partial charge in [0, 0.05) is 32.3 Å². The van der Waals surface area contributed by atoms with Gasteiger partial charge in [0.05, 0.1) is 0 Å². The van der Waals surface area contributed by atoms with E-state index < -0.39 is 0 Å². The van der Waals surface area contributed by atoms with Crippen molar-refractivity contribution in [1.29, 1.82) is 0 Å². The largest absolute Gasteiger partial charge is 0.396 e. The molecule has 1 aromatic rings. The Bertz CT molecular complexity index is 363. The number of nitrogens with zero attached hydrogens (tertiary/aromatic N) is 1. The van der Waals surface area contributed by atoms with Crippen LogP contribution in [0.2, 0.25) is 0 Å². The van der Waals surface area contributed by atoms with Crippen molar-refractivity contribution in [2.45, 2.75) is 44.8 Å². The highest BCUT2D eigenvalue weighted by molar-refractivity contribution is 5.23. The highest BCUT2D eigenvalue weighted by atomic mass is 16.3. The topological polar surface area (TPSA) is 49.5 Å². The third-order valence-electron chi connectivity index (χ3n) is 3.81. The molecule has 1 aliphatic rings. The molecule has 3 nitrogen and oxygen atoms in total. The molecule has 1 saturated carbocycles. The average molecular weight is 248 g/mol. The summed E-state index contributed by atoms with van der Waals surface area (Å²) in [4.78, 5) is 2.51. The predicted octanol–water partition coefficient (Wildman–Crippen LogP) is 1.88. The monoisotopic (exact) mass is 248 g/mol. The molecule has 3 N–H and O–H groups in total. The molecule has 3 heteroatoms. The fourth-order valence-corrected chi connectivity index (χ4v) is 2.51. The van der Waals surface area contributed by atoms with Crippen molar-refractivity contribution in [1.82, 2.24) is 4.90 Å². The second-order valence-corrected chi connectivity index (χ2v) is 5.16. The number of hydrogen-bond donors (Lipinski definition) is 2. The molecule has 0 spiro atoms. The number of aliphatic hydroxyl groups is 1. The number of benzene rings is 1. The molecule has 1 aliphatic carbocycles. The van der Waals surface area contributed by atoms with Crippen molar-refractivity contribution < 1.29 is 5.11 Å². The van der Waals surface area contributed by atoms with Gasteiger partial charge in [0.2, 0.25) is 0 Å². The van der Waals surface area contributed by atoms with Crippen molar-refractivity contribution in [3.05, 3.63) is 35.4 Å². The molecule has 0 radical (unpaired) electrons. The lowest BCUT2D eigenvalue weighted by Crippen LogP contribution is -2.40. The van der Waals surface area contributed by atoms with Crippen LogP contribution in [0.15, 0.2) is 24.3 Å². The van der Waals surface area contributed by atoms with Gasteiger partial charge in [-0.2, -0.15) is 0 Å². The predicted molar refractivity (Wildman–Crippen MR) is 74.1 cm³/mol. The van der Waals surface area contributed by atoms with Crippen LogP contribution in [0.5, 0.6) is 0 Å². The van der Waals surface area contributed by atoms with Crippen molar-refractivity contribution >= 4 is 0 Å². The Morgan fingerprint density at radius 3 is 2.67 bits per heavy atom. The smallest absolute Gasteiger partial charge is 0.0443 e. The minimum Gasteiger partial charge on any atom is -0.396 e. The third-order valence-corrected chi connectivity index (χ3v) is 3.81. The second-order valence-electron chi connectivity index (χ2n) is 5.16. The summed E-state index contributed by atoms with van der Waals surface area (Å²) in [6.45, 7) is 2.87. The fourth-order valence-electron chi connectivity index (χ4n) is 2.51. The summed E-state index contributed by atoms with van der Waals surface area (Å²) in [5.74, 6) is 0. The maximum absolute atomic E-state index is 8.99. The lowest BCUT2D eigenvalue weighted by Gasteiger charge is -2.37. The molecule has 18 heavy (non-hydrogen) atoms. The summed E-state index contributed by atoms with van der Waals surface area (Å²) < 4.78 is 0. The van der Waals surface area contributed by atoms with E-state index >= 15 is 0 Å². The van der Waals surface area contributed by atoms with Crippen molar-refractivity contribution in [3.63, 3.8) is 0 Å². The van der Waals surface area contributed by atoms with Gasteiger partial charge in [-0.05, 0) is 30.4 Å². The number of nitrogens with two attached hydrogens (primary N) is 1. The van der Waals surface area contributed by atoms with Crippen molar-refractivity contribution in [2.75, 3.05) is 13.2 Å². The summed E-state index contributed by atoms with van der Waals surface area (Å²) in [6, 6.07) is 9.25. The molecule has 0 heterocycles. The van der Waals surface area contributed by atoms with Gasteiger partial charge in [0.15, 0.2) is 0 Å². The van der Waals surface area contributed by atoms with E-state index in [-0.39, 0.29) is 6.61 Å². The maximum Gasteiger partial charge on any atom is 0.0443 e. The zero-order valence-electron chi connectivity index (χ0n) is 11.0. The minimum absolute atomic E-state index is 0.284. The van der Waals surface area contributed by atoms with Crippen LogP contribution in [0.25, 0.3) is 0 Å². The summed E-state index contributed by atoms with van der Waals surface area (Å²) in [5.41, 5.74) is 8.21. The van der Waals surface area contributed by atoms with Gasteiger partial charge in [0.25, 0.3) is 0 Å². The van der Waals surface area contributed by atoms with Crippen LogP contribution in [-0.4, -0.2) is 29.2 Å². The first-order valence-electron chi connectivity index (χ1n) is 6.96. The molecule has 1 aromatic carbocycles. The summed E-state index contributed by atoms with van der Waals surface area (Å²) in [7, 11) is 0. The van der Waals surface area contributed by atoms with E-state index in [0.717, 1.165) is 25.6 Å². The highest BCUT2D eigenvalue weighted by Gasteiger charge is 2.24. The quantitative estimate of drug-likeness (QED) is 0.774. The van der Waals surface area contributed by atoms with Crippen LogP contribution in [0.4, 0.5) is 0 Å². The molecule has 0 saturated heterocycles. The molecule has 100 valence electrons. The van der Waals surface area contributed by atoms with Crippen LogP contribution in [0.1, 0.15) is 36.8 Å². The van der Waals surface area contributed by atoms with Crippen LogP contribution in [0.3, 0.4) is 0 Å².